The largest absolute Gasteiger partial charge is 0.366 e. The van der Waals surface area contributed by atoms with E-state index in [2.05, 4.69) is 67.6 Å². The van der Waals surface area contributed by atoms with Crippen LogP contribution in [-0.2, 0) is 6.54 Å². The van der Waals surface area contributed by atoms with Gasteiger partial charge in [-0.2, -0.15) is 5.10 Å². The van der Waals surface area contributed by atoms with Gasteiger partial charge in [-0.1, -0.05) is 24.3 Å². The summed E-state index contributed by atoms with van der Waals surface area (Å²) in [6.45, 7) is 2.80. The van der Waals surface area contributed by atoms with Crippen LogP contribution in [-0.4, -0.2) is 15.2 Å². The first-order valence-corrected chi connectivity index (χ1v) is 7.46. The maximum atomic E-state index is 4.34. The highest BCUT2D eigenvalue weighted by molar-refractivity contribution is 9.10. The molecule has 0 radical (unpaired) electrons. The number of aryl methyl sites for hydroxylation is 1. The molecule has 4 nitrogen and oxygen atoms in total. The van der Waals surface area contributed by atoms with Crippen LogP contribution in [0.1, 0.15) is 11.1 Å². The molecule has 0 amide bonds. The zero-order chi connectivity index (χ0) is 14.7. The lowest BCUT2D eigenvalue weighted by molar-refractivity contribution is 1.09. The zero-order valence-corrected chi connectivity index (χ0v) is 13.2. The minimum absolute atomic E-state index is 0.747. The molecule has 3 rings (SSSR count). The van der Waals surface area contributed by atoms with Crippen molar-refractivity contribution in [3.8, 4) is 11.3 Å². The molecule has 0 bridgehead atoms. The average Bonchev–Trinajstić information content (AvgIpc) is 3.03. The Balaban J connectivity index is 1.66. The lowest BCUT2D eigenvalue weighted by Crippen LogP contribution is -2.01. The molecular weight excluding hydrogens is 328 g/mol. The Hall–Kier alpha value is -2.14. The summed E-state index contributed by atoms with van der Waals surface area (Å²) in [6, 6.07) is 12.4. The smallest absolute Gasteiger partial charge is 0.126 e. The lowest BCUT2D eigenvalue weighted by Gasteiger charge is -2.08. The van der Waals surface area contributed by atoms with Gasteiger partial charge in [0, 0.05) is 23.4 Å². The van der Waals surface area contributed by atoms with Gasteiger partial charge in [-0.3, -0.25) is 5.10 Å². The van der Waals surface area contributed by atoms with Crippen molar-refractivity contribution in [3.05, 3.63) is 64.4 Å². The highest BCUT2D eigenvalue weighted by Crippen LogP contribution is 2.19. The molecule has 2 heterocycles. The van der Waals surface area contributed by atoms with Gasteiger partial charge in [0.1, 0.15) is 5.82 Å². The van der Waals surface area contributed by atoms with Gasteiger partial charge in [0.05, 0.1) is 5.69 Å². The van der Waals surface area contributed by atoms with E-state index >= 15 is 0 Å². The third-order valence-electron chi connectivity index (χ3n) is 3.29. The maximum Gasteiger partial charge on any atom is 0.126 e. The first-order chi connectivity index (χ1) is 10.2. The van der Waals surface area contributed by atoms with Gasteiger partial charge in [0.25, 0.3) is 0 Å². The topological polar surface area (TPSA) is 53.6 Å². The van der Waals surface area contributed by atoms with Crippen LogP contribution in [0.25, 0.3) is 11.3 Å². The van der Waals surface area contributed by atoms with Crippen molar-refractivity contribution >= 4 is 21.7 Å². The Bertz CT molecular complexity index is 721. The Morgan fingerprint density at radius 2 is 2.00 bits per heavy atom. The van der Waals surface area contributed by atoms with Gasteiger partial charge in [0.2, 0.25) is 0 Å². The number of rotatable bonds is 4. The van der Waals surface area contributed by atoms with Gasteiger partial charge in [-0.05, 0) is 51.7 Å². The fourth-order valence-corrected chi connectivity index (χ4v) is 2.26. The quantitative estimate of drug-likeness (QED) is 0.748. The molecule has 1 aromatic carbocycles. The SMILES string of the molecule is Cc1cc(NCc2ccc(-c3ccn[nH]3)cc2)ncc1Br. The molecular formula is C16H15BrN4. The van der Waals surface area contributed by atoms with Crippen LogP contribution in [0.4, 0.5) is 5.82 Å². The first kappa shape index (κ1) is 13.8. The minimum Gasteiger partial charge on any atom is -0.366 e. The summed E-state index contributed by atoms with van der Waals surface area (Å²) in [5.74, 6) is 0.883. The van der Waals surface area contributed by atoms with E-state index in [9.17, 15) is 0 Å². The predicted octanol–water partition coefficient (Wildman–Crippen LogP) is 4.15. The molecule has 0 aliphatic rings. The van der Waals surface area contributed by atoms with Gasteiger partial charge in [0.15, 0.2) is 0 Å². The number of nitrogens with one attached hydrogen (secondary N) is 2. The van der Waals surface area contributed by atoms with Crippen LogP contribution < -0.4 is 5.32 Å². The van der Waals surface area contributed by atoms with Gasteiger partial charge in [-0.25, -0.2) is 4.98 Å². The van der Waals surface area contributed by atoms with Crippen LogP contribution >= 0.6 is 15.9 Å². The number of aromatic nitrogens is 3. The van der Waals surface area contributed by atoms with Crippen molar-refractivity contribution < 1.29 is 0 Å². The molecule has 0 saturated heterocycles. The molecule has 0 atom stereocenters. The highest BCUT2D eigenvalue weighted by Gasteiger charge is 2.01. The summed E-state index contributed by atoms with van der Waals surface area (Å²) >= 11 is 3.45. The lowest BCUT2D eigenvalue weighted by atomic mass is 10.1. The Morgan fingerprint density at radius 3 is 2.67 bits per heavy atom. The van der Waals surface area contributed by atoms with E-state index in [1.54, 1.807) is 6.20 Å². The maximum absolute atomic E-state index is 4.34. The third kappa shape index (κ3) is 3.31. The molecule has 0 aliphatic carbocycles. The monoisotopic (exact) mass is 342 g/mol. The second kappa shape index (κ2) is 6.10. The molecule has 3 aromatic rings. The van der Waals surface area contributed by atoms with Gasteiger partial charge in [-0.15, -0.1) is 0 Å². The molecule has 21 heavy (non-hydrogen) atoms. The van der Waals surface area contributed by atoms with Crippen molar-refractivity contribution in [1.29, 1.82) is 0 Å². The number of pyridine rings is 1. The summed E-state index contributed by atoms with van der Waals surface area (Å²) in [5.41, 5.74) is 4.54. The van der Waals surface area contributed by atoms with Crippen molar-refractivity contribution in [3.63, 3.8) is 0 Å². The Kier molecular flexibility index (Phi) is 4.01. The number of hydrogen-bond donors (Lipinski definition) is 2. The van der Waals surface area contributed by atoms with E-state index in [4.69, 9.17) is 0 Å². The van der Waals surface area contributed by atoms with Crippen LogP contribution in [0.3, 0.4) is 0 Å². The minimum atomic E-state index is 0.747. The van der Waals surface area contributed by atoms with E-state index in [1.165, 1.54) is 11.1 Å². The molecule has 0 spiro atoms. The Morgan fingerprint density at radius 1 is 1.19 bits per heavy atom. The van der Waals surface area contributed by atoms with Crippen molar-refractivity contribution in [2.24, 2.45) is 0 Å². The van der Waals surface area contributed by atoms with Gasteiger partial charge >= 0.3 is 0 Å². The molecule has 0 fully saturated rings. The third-order valence-corrected chi connectivity index (χ3v) is 4.12. The summed E-state index contributed by atoms with van der Waals surface area (Å²) < 4.78 is 1.02. The fraction of sp³-hybridized carbons (Fsp3) is 0.125. The average molecular weight is 343 g/mol. The number of halogens is 1. The van der Waals surface area contributed by atoms with Crippen LogP contribution in [0.15, 0.2) is 53.3 Å². The summed E-state index contributed by atoms with van der Waals surface area (Å²) in [5, 5.41) is 10.3. The Labute approximate surface area is 131 Å². The number of aromatic amines is 1. The molecule has 106 valence electrons. The molecule has 2 N–H and O–H groups in total. The van der Waals surface area contributed by atoms with Gasteiger partial charge < -0.3 is 5.32 Å². The standard InChI is InChI=1S/C16H15BrN4/c1-11-8-16(19-10-14(11)17)18-9-12-2-4-13(5-3-12)15-6-7-20-21-15/h2-8,10H,9H2,1H3,(H,18,19)(H,20,21). The van der Waals surface area contributed by atoms with Crippen molar-refractivity contribution in [2.45, 2.75) is 13.5 Å². The number of hydrogen-bond acceptors (Lipinski definition) is 3. The summed E-state index contributed by atoms with van der Waals surface area (Å²) in [6.07, 6.45) is 3.57. The van der Waals surface area contributed by atoms with E-state index in [0.717, 1.165) is 28.1 Å². The summed E-state index contributed by atoms with van der Waals surface area (Å²) in [4.78, 5) is 4.34. The number of H-pyrrole nitrogens is 1. The summed E-state index contributed by atoms with van der Waals surface area (Å²) in [7, 11) is 0. The molecule has 2 aromatic heterocycles. The van der Waals surface area contributed by atoms with Crippen molar-refractivity contribution in [2.75, 3.05) is 5.32 Å². The predicted molar refractivity (Wildman–Crippen MR) is 88.0 cm³/mol. The fourth-order valence-electron chi connectivity index (χ4n) is 2.05. The number of anilines is 1. The first-order valence-electron chi connectivity index (χ1n) is 6.67. The highest BCUT2D eigenvalue weighted by atomic mass is 79.9. The molecule has 0 unspecified atom stereocenters. The van der Waals surface area contributed by atoms with Crippen LogP contribution in [0.2, 0.25) is 0 Å². The normalized spacial score (nSPS) is 10.6. The van der Waals surface area contributed by atoms with E-state index in [0.29, 0.717) is 0 Å². The van der Waals surface area contributed by atoms with E-state index in [-0.39, 0.29) is 0 Å². The number of benzene rings is 1. The van der Waals surface area contributed by atoms with E-state index < -0.39 is 0 Å². The number of nitrogens with zero attached hydrogens (tertiary/aromatic N) is 2. The molecule has 0 aliphatic heterocycles. The van der Waals surface area contributed by atoms with Crippen LogP contribution in [0, 0.1) is 6.92 Å². The zero-order valence-electron chi connectivity index (χ0n) is 11.6. The second-order valence-electron chi connectivity index (χ2n) is 4.84. The van der Waals surface area contributed by atoms with E-state index in [1.807, 2.05) is 18.3 Å². The second-order valence-corrected chi connectivity index (χ2v) is 5.69. The molecule has 5 heteroatoms. The van der Waals surface area contributed by atoms with Crippen molar-refractivity contribution in [1.82, 2.24) is 15.2 Å². The van der Waals surface area contributed by atoms with Crippen LogP contribution in [0.5, 0.6) is 0 Å². The molecule has 0 saturated carbocycles.